The van der Waals surface area contributed by atoms with Crippen LogP contribution in [0, 0.1) is 5.92 Å². The number of benzene rings is 1. The van der Waals surface area contributed by atoms with E-state index in [0.717, 1.165) is 31.6 Å². The van der Waals surface area contributed by atoms with Crippen LogP contribution >= 0.6 is 0 Å². The van der Waals surface area contributed by atoms with Gasteiger partial charge in [0.05, 0.1) is 0 Å². The molecule has 21 heavy (non-hydrogen) atoms. The van der Waals surface area contributed by atoms with Crippen LogP contribution in [0.2, 0.25) is 0 Å². The summed E-state index contributed by atoms with van der Waals surface area (Å²) in [6, 6.07) is 7.97. The number of nitrogens with one attached hydrogen (secondary N) is 2. The molecule has 116 valence electrons. The molecule has 1 aliphatic heterocycles. The van der Waals surface area contributed by atoms with Crippen LogP contribution in [0.4, 0.5) is 0 Å². The van der Waals surface area contributed by atoms with Crippen LogP contribution in [0.15, 0.2) is 24.3 Å². The van der Waals surface area contributed by atoms with Gasteiger partial charge in [0.1, 0.15) is 0 Å². The minimum atomic E-state index is 0.0410. The number of piperidine rings is 1. The first-order chi connectivity index (χ1) is 9.97. The Kier molecular flexibility index (Phi) is 5.40. The van der Waals surface area contributed by atoms with Crippen molar-refractivity contribution >= 4 is 5.91 Å². The Balaban J connectivity index is 1.80. The quantitative estimate of drug-likeness (QED) is 0.894. The summed E-state index contributed by atoms with van der Waals surface area (Å²) in [5.74, 6) is 0.751. The molecule has 0 spiro atoms. The van der Waals surface area contributed by atoms with Crippen LogP contribution in [-0.2, 0) is 5.41 Å². The molecule has 0 aromatic heterocycles. The first kappa shape index (κ1) is 16.0. The van der Waals surface area contributed by atoms with E-state index in [1.165, 1.54) is 18.4 Å². The monoisotopic (exact) mass is 288 g/mol. The lowest BCUT2D eigenvalue weighted by Gasteiger charge is -2.22. The maximum absolute atomic E-state index is 12.1. The summed E-state index contributed by atoms with van der Waals surface area (Å²) in [5, 5.41) is 6.45. The van der Waals surface area contributed by atoms with Crippen LogP contribution in [0.25, 0.3) is 0 Å². The molecule has 1 heterocycles. The van der Waals surface area contributed by atoms with Gasteiger partial charge in [-0.05, 0) is 61.4 Å². The smallest absolute Gasteiger partial charge is 0.251 e. The zero-order chi connectivity index (χ0) is 15.3. The normalized spacial score (nSPS) is 19.3. The lowest BCUT2D eigenvalue weighted by molar-refractivity contribution is 0.0950. The number of amides is 1. The van der Waals surface area contributed by atoms with Gasteiger partial charge in [-0.1, -0.05) is 32.9 Å². The number of rotatable bonds is 4. The zero-order valence-corrected chi connectivity index (χ0v) is 13.5. The topological polar surface area (TPSA) is 41.1 Å². The first-order valence-electron chi connectivity index (χ1n) is 8.06. The number of carbonyl (C=O) groups excluding carboxylic acids is 1. The summed E-state index contributed by atoms with van der Waals surface area (Å²) in [7, 11) is 0. The second kappa shape index (κ2) is 7.08. The van der Waals surface area contributed by atoms with E-state index in [0.29, 0.717) is 5.92 Å². The van der Waals surface area contributed by atoms with Crippen molar-refractivity contribution in [2.24, 2.45) is 5.92 Å². The number of hydrogen-bond acceptors (Lipinski definition) is 2. The summed E-state index contributed by atoms with van der Waals surface area (Å²) in [4.78, 5) is 12.1. The van der Waals surface area contributed by atoms with E-state index in [2.05, 4.69) is 43.5 Å². The standard InChI is InChI=1S/C18H28N2O/c1-18(2,3)16-8-6-15(7-9-16)17(21)20-12-10-14-5-4-11-19-13-14/h6-9,14,19H,4-5,10-13H2,1-3H3,(H,20,21). The van der Waals surface area contributed by atoms with Crippen molar-refractivity contribution in [2.75, 3.05) is 19.6 Å². The van der Waals surface area contributed by atoms with Gasteiger partial charge in [0.15, 0.2) is 0 Å². The van der Waals surface area contributed by atoms with Crippen LogP contribution in [0.3, 0.4) is 0 Å². The highest BCUT2D eigenvalue weighted by atomic mass is 16.1. The molecular formula is C18H28N2O. The van der Waals surface area contributed by atoms with Gasteiger partial charge >= 0.3 is 0 Å². The van der Waals surface area contributed by atoms with Gasteiger partial charge in [-0.15, -0.1) is 0 Å². The molecule has 1 atom stereocenters. The SMILES string of the molecule is CC(C)(C)c1ccc(C(=O)NCCC2CCCNC2)cc1. The van der Waals surface area contributed by atoms with Crippen molar-refractivity contribution < 1.29 is 4.79 Å². The highest BCUT2D eigenvalue weighted by molar-refractivity contribution is 5.94. The summed E-state index contributed by atoms with van der Waals surface area (Å²) >= 11 is 0. The van der Waals surface area contributed by atoms with Crippen LogP contribution < -0.4 is 10.6 Å². The molecule has 1 unspecified atom stereocenters. The van der Waals surface area contributed by atoms with Crippen LogP contribution in [0.1, 0.15) is 56.0 Å². The van der Waals surface area contributed by atoms with E-state index in [-0.39, 0.29) is 11.3 Å². The van der Waals surface area contributed by atoms with E-state index in [1.807, 2.05) is 12.1 Å². The molecule has 1 amide bonds. The van der Waals surface area contributed by atoms with E-state index < -0.39 is 0 Å². The van der Waals surface area contributed by atoms with E-state index in [9.17, 15) is 4.79 Å². The Bertz CT molecular complexity index is 453. The maximum atomic E-state index is 12.1. The fourth-order valence-corrected chi connectivity index (χ4v) is 2.78. The van der Waals surface area contributed by atoms with Gasteiger partial charge in [-0.25, -0.2) is 0 Å². The zero-order valence-electron chi connectivity index (χ0n) is 13.5. The van der Waals surface area contributed by atoms with E-state index >= 15 is 0 Å². The maximum Gasteiger partial charge on any atom is 0.251 e. The third-order valence-electron chi connectivity index (χ3n) is 4.25. The van der Waals surface area contributed by atoms with Crippen molar-refractivity contribution in [1.82, 2.24) is 10.6 Å². The van der Waals surface area contributed by atoms with Crippen molar-refractivity contribution in [1.29, 1.82) is 0 Å². The summed E-state index contributed by atoms with van der Waals surface area (Å²) in [6.45, 7) is 9.55. The molecule has 1 aliphatic rings. The second-order valence-electron chi connectivity index (χ2n) is 7.08. The molecule has 0 saturated carbocycles. The van der Waals surface area contributed by atoms with Gasteiger partial charge < -0.3 is 10.6 Å². The molecule has 1 aromatic carbocycles. The lowest BCUT2D eigenvalue weighted by Crippen LogP contribution is -2.33. The average molecular weight is 288 g/mol. The van der Waals surface area contributed by atoms with Gasteiger partial charge in [0, 0.05) is 12.1 Å². The highest BCUT2D eigenvalue weighted by Crippen LogP contribution is 2.22. The molecule has 1 fully saturated rings. The molecule has 2 N–H and O–H groups in total. The summed E-state index contributed by atoms with van der Waals surface area (Å²) in [6.07, 6.45) is 3.61. The molecule has 0 radical (unpaired) electrons. The van der Waals surface area contributed by atoms with Crippen LogP contribution in [-0.4, -0.2) is 25.5 Å². The first-order valence-corrected chi connectivity index (χ1v) is 8.06. The third kappa shape index (κ3) is 4.85. The number of hydrogen-bond donors (Lipinski definition) is 2. The van der Waals surface area contributed by atoms with E-state index in [4.69, 9.17) is 0 Å². The lowest BCUT2D eigenvalue weighted by atomic mass is 9.86. The van der Waals surface area contributed by atoms with Gasteiger partial charge in [0.2, 0.25) is 0 Å². The minimum Gasteiger partial charge on any atom is -0.352 e. The Morgan fingerprint density at radius 3 is 2.57 bits per heavy atom. The Labute approximate surface area is 128 Å². The molecule has 1 saturated heterocycles. The molecule has 3 nitrogen and oxygen atoms in total. The summed E-state index contributed by atoms with van der Waals surface area (Å²) in [5.41, 5.74) is 2.14. The predicted molar refractivity (Wildman–Crippen MR) is 87.7 cm³/mol. The molecule has 0 aliphatic carbocycles. The minimum absolute atomic E-state index is 0.0410. The fraction of sp³-hybridized carbons (Fsp3) is 0.611. The number of carbonyl (C=O) groups is 1. The van der Waals surface area contributed by atoms with E-state index in [1.54, 1.807) is 0 Å². The molecular weight excluding hydrogens is 260 g/mol. The average Bonchev–Trinajstić information content (AvgIpc) is 2.47. The molecule has 2 rings (SSSR count). The highest BCUT2D eigenvalue weighted by Gasteiger charge is 2.15. The fourth-order valence-electron chi connectivity index (χ4n) is 2.78. The van der Waals surface area contributed by atoms with Gasteiger partial charge in [0.25, 0.3) is 5.91 Å². The second-order valence-corrected chi connectivity index (χ2v) is 7.08. The van der Waals surface area contributed by atoms with Crippen molar-refractivity contribution in [3.8, 4) is 0 Å². The largest absolute Gasteiger partial charge is 0.352 e. The molecule has 3 heteroatoms. The van der Waals surface area contributed by atoms with Crippen molar-refractivity contribution in [3.63, 3.8) is 0 Å². The Hall–Kier alpha value is -1.35. The van der Waals surface area contributed by atoms with Crippen LogP contribution in [0.5, 0.6) is 0 Å². The Morgan fingerprint density at radius 1 is 1.29 bits per heavy atom. The van der Waals surface area contributed by atoms with Gasteiger partial charge in [-0.2, -0.15) is 0 Å². The molecule has 1 aromatic rings. The van der Waals surface area contributed by atoms with Crippen molar-refractivity contribution in [2.45, 2.75) is 45.4 Å². The third-order valence-corrected chi connectivity index (χ3v) is 4.25. The Morgan fingerprint density at radius 2 is 2.00 bits per heavy atom. The summed E-state index contributed by atoms with van der Waals surface area (Å²) < 4.78 is 0. The van der Waals surface area contributed by atoms with Crippen molar-refractivity contribution in [3.05, 3.63) is 35.4 Å². The van der Waals surface area contributed by atoms with Gasteiger partial charge in [-0.3, -0.25) is 4.79 Å². The predicted octanol–water partition coefficient (Wildman–Crippen LogP) is 3.10. The molecule has 0 bridgehead atoms.